The van der Waals surface area contributed by atoms with Gasteiger partial charge in [-0.25, -0.2) is 0 Å². The summed E-state index contributed by atoms with van der Waals surface area (Å²) in [5.74, 6) is -2.11. The van der Waals surface area contributed by atoms with Crippen LogP contribution < -0.4 is 11.1 Å². The summed E-state index contributed by atoms with van der Waals surface area (Å²) in [6.45, 7) is 0. The van der Waals surface area contributed by atoms with Crippen LogP contribution in [0.15, 0.2) is 47.0 Å². The SMILES string of the molecule is NC(=O)c1c(Cl)cccc1NC(=O)c1ccc(-c2noc(C(F)F)n2)cc1. The summed E-state index contributed by atoms with van der Waals surface area (Å²) in [5, 5.41) is 6.13. The number of benzene rings is 2. The first kappa shape index (κ1) is 18.5. The van der Waals surface area contributed by atoms with Crippen LogP contribution in [0.3, 0.4) is 0 Å². The molecule has 3 aromatic rings. The molecule has 0 unspecified atom stereocenters. The van der Waals surface area contributed by atoms with E-state index in [1.165, 1.54) is 36.4 Å². The fourth-order valence-corrected chi connectivity index (χ4v) is 2.55. The molecule has 10 heteroatoms. The van der Waals surface area contributed by atoms with Crippen molar-refractivity contribution >= 4 is 29.1 Å². The number of rotatable bonds is 5. The fraction of sp³-hybridized carbons (Fsp3) is 0.0588. The van der Waals surface area contributed by atoms with Crippen LogP contribution in [-0.2, 0) is 0 Å². The predicted molar refractivity (Wildman–Crippen MR) is 92.6 cm³/mol. The molecular weight excluding hydrogens is 382 g/mol. The third-order valence-corrected chi connectivity index (χ3v) is 3.86. The number of nitrogens with two attached hydrogens (primary N) is 1. The van der Waals surface area contributed by atoms with Crippen LogP contribution in [0.4, 0.5) is 14.5 Å². The number of hydrogen-bond donors (Lipinski definition) is 2. The van der Waals surface area contributed by atoms with Crippen molar-refractivity contribution in [3.05, 3.63) is 64.5 Å². The van der Waals surface area contributed by atoms with E-state index in [1.807, 2.05) is 0 Å². The third kappa shape index (κ3) is 3.93. The number of alkyl halides is 2. The van der Waals surface area contributed by atoms with Gasteiger partial charge in [-0.2, -0.15) is 13.8 Å². The summed E-state index contributed by atoms with van der Waals surface area (Å²) < 4.78 is 29.4. The molecule has 0 atom stereocenters. The number of nitrogens with one attached hydrogen (secondary N) is 1. The minimum Gasteiger partial charge on any atom is -0.365 e. The van der Waals surface area contributed by atoms with Crippen LogP contribution in [0.5, 0.6) is 0 Å². The maximum absolute atomic E-state index is 12.5. The minimum atomic E-state index is -2.87. The average Bonchev–Trinajstić information content (AvgIpc) is 3.12. The van der Waals surface area contributed by atoms with Crippen LogP contribution in [-0.4, -0.2) is 22.0 Å². The van der Waals surface area contributed by atoms with Crippen LogP contribution in [0, 0.1) is 0 Å². The number of aromatic nitrogens is 2. The largest absolute Gasteiger partial charge is 0.365 e. The number of hydrogen-bond acceptors (Lipinski definition) is 5. The standard InChI is InChI=1S/C17H11ClF2N4O3/c18-10-2-1-3-11(12(10)14(21)25)22-16(26)9-6-4-8(5-7-9)15-23-17(13(19)20)27-24-15/h1-7,13H,(H2,21,25)(H,22,26). The van der Waals surface area contributed by atoms with E-state index >= 15 is 0 Å². The first-order valence-electron chi connectivity index (χ1n) is 7.48. The first-order chi connectivity index (χ1) is 12.9. The normalized spacial score (nSPS) is 10.8. The van der Waals surface area contributed by atoms with Gasteiger partial charge in [0.15, 0.2) is 0 Å². The van der Waals surface area contributed by atoms with E-state index in [9.17, 15) is 18.4 Å². The number of carbonyl (C=O) groups excluding carboxylic acids is 2. The highest BCUT2D eigenvalue weighted by atomic mass is 35.5. The highest BCUT2D eigenvalue weighted by molar-refractivity contribution is 6.34. The van der Waals surface area contributed by atoms with Gasteiger partial charge in [-0.05, 0) is 24.3 Å². The van der Waals surface area contributed by atoms with Gasteiger partial charge in [0.2, 0.25) is 5.82 Å². The zero-order chi connectivity index (χ0) is 19.6. The zero-order valence-electron chi connectivity index (χ0n) is 13.4. The zero-order valence-corrected chi connectivity index (χ0v) is 14.2. The van der Waals surface area contributed by atoms with Crippen molar-refractivity contribution in [3.8, 4) is 11.4 Å². The lowest BCUT2D eigenvalue weighted by Crippen LogP contribution is -2.18. The Morgan fingerprint density at radius 3 is 2.44 bits per heavy atom. The Balaban J connectivity index is 1.80. The molecule has 0 fully saturated rings. The molecule has 7 nitrogen and oxygen atoms in total. The van der Waals surface area contributed by atoms with Gasteiger partial charge in [0.25, 0.3) is 17.7 Å². The Morgan fingerprint density at radius 2 is 1.85 bits per heavy atom. The Morgan fingerprint density at radius 1 is 1.15 bits per heavy atom. The Kier molecular flexibility index (Phi) is 5.13. The minimum absolute atomic E-state index is 0.00420. The monoisotopic (exact) mass is 392 g/mol. The van der Waals surface area contributed by atoms with Gasteiger partial charge in [0.1, 0.15) is 0 Å². The van der Waals surface area contributed by atoms with Crippen molar-refractivity contribution in [2.24, 2.45) is 5.73 Å². The van der Waals surface area contributed by atoms with Gasteiger partial charge in [0, 0.05) is 11.1 Å². The summed E-state index contributed by atoms with van der Waals surface area (Å²) >= 11 is 5.94. The van der Waals surface area contributed by atoms with E-state index in [4.69, 9.17) is 17.3 Å². The van der Waals surface area contributed by atoms with E-state index in [-0.39, 0.29) is 27.7 Å². The second kappa shape index (κ2) is 7.50. The van der Waals surface area contributed by atoms with Crippen LogP contribution in [0.25, 0.3) is 11.4 Å². The number of halogens is 3. The topological polar surface area (TPSA) is 111 Å². The van der Waals surface area contributed by atoms with E-state index in [0.29, 0.717) is 5.56 Å². The van der Waals surface area contributed by atoms with E-state index in [1.54, 1.807) is 6.07 Å². The van der Waals surface area contributed by atoms with Crippen molar-refractivity contribution in [3.63, 3.8) is 0 Å². The second-order valence-electron chi connectivity index (χ2n) is 5.32. The lowest BCUT2D eigenvalue weighted by atomic mass is 10.1. The highest BCUT2D eigenvalue weighted by Gasteiger charge is 2.18. The third-order valence-electron chi connectivity index (χ3n) is 3.54. The molecule has 138 valence electrons. The van der Waals surface area contributed by atoms with Crippen molar-refractivity contribution in [2.45, 2.75) is 6.43 Å². The lowest BCUT2D eigenvalue weighted by Gasteiger charge is -2.10. The Hall–Kier alpha value is -3.33. The van der Waals surface area contributed by atoms with Crippen LogP contribution >= 0.6 is 11.6 Å². The number of amides is 2. The van der Waals surface area contributed by atoms with E-state index < -0.39 is 24.1 Å². The molecule has 0 aliphatic rings. The summed E-state index contributed by atoms with van der Waals surface area (Å²) in [6.07, 6.45) is -2.87. The van der Waals surface area contributed by atoms with Gasteiger partial charge in [-0.1, -0.05) is 35.0 Å². The summed E-state index contributed by atoms with van der Waals surface area (Å²) in [7, 11) is 0. The number of anilines is 1. The van der Waals surface area contributed by atoms with E-state index in [0.717, 1.165) is 0 Å². The maximum Gasteiger partial charge on any atom is 0.315 e. The number of carbonyl (C=O) groups is 2. The lowest BCUT2D eigenvalue weighted by molar-refractivity contribution is 0.100. The Bertz CT molecular complexity index is 1010. The van der Waals surface area contributed by atoms with Crippen molar-refractivity contribution < 1.29 is 22.9 Å². The van der Waals surface area contributed by atoms with Gasteiger partial charge < -0.3 is 15.6 Å². The Labute approximate surface area is 156 Å². The van der Waals surface area contributed by atoms with Gasteiger partial charge in [0.05, 0.1) is 16.3 Å². The molecular formula is C17H11ClF2N4O3. The van der Waals surface area contributed by atoms with E-state index in [2.05, 4.69) is 20.0 Å². The van der Waals surface area contributed by atoms with Crippen molar-refractivity contribution in [1.82, 2.24) is 10.1 Å². The highest BCUT2D eigenvalue weighted by Crippen LogP contribution is 2.25. The molecule has 0 bridgehead atoms. The van der Waals surface area contributed by atoms with Crippen molar-refractivity contribution in [1.29, 1.82) is 0 Å². The molecule has 3 N–H and O–H groups in total. The second-order valence-corrected chi connectivity index (χ2v) is 5.72. The smallest absolute Gasteiger partial charge is 0.315 e. The summed E-state index contributed by atoms with van der Waals surface area (Å²) in [5.41, 5.74) is 6.09. The quantitative estimate of drug-likeness (QED) is 0.688. The number of primary amides is 1. The number of nitrogens with zero attached hydrogens (tertiary/aromatic N) is 2. The molecule has 2 amide bonds. The van der Waals surface area contributed by atoms with Gasteiger partial charge >= 0.3 is 6.43 Å². The molecule has 1 heterocycles. The average molecular weight is 393 g/mol. The molecule has 2 aromatic carbocycles. The molecule has 3 rings (SSSR count). The van der Waals surface area contributed by atoms with Crippen LogP contribution in [0.1, 0.15) is 33.0 Å². The van der Waals surface area contributed by atoms with Gasteiger partial charge in [-0.3, -0.25) is 9.59 Å². The molecule has 0 radical (unpaired) electrons. The molecule has 0 aliphatic carbocycles. The summed E-state index contributed by atoms with van der Waals surface area (Å²) in [4.78, 5) is 27.5. The first-order valence-corrected chi connectivity index (χ1v) is 7.86. The van der Waals surface area contributed by atoms with Crippen LogP contribution in [0.2, 0.25) is 5.02 Å². The predicted octanol–water partition coefficient (Wildman–Crippen LogP) is 3.68. The molecule has 0 aliphatic heterocycles. The summed E-state index contributed by atoms with van der Waals surface area (Å²) in [6, 6.07) is 10.4. The molecule has 27 heavy (non-hydrogen) atoms. The molecule has 0 saturated carbocycles. The maximum atomic E-state index is 12.5. The van der Waals surface area contributed by atoms with Crippen molar-refractivity contribution in [2.75, 3.05) is 5.32 Å². The molecule has 1 aromatic heterocycles. The fourth-order valence-electron chi connectivity index (χ4n) is 2.28. The molecule has 0 spiro atoms. The molecule has 0 saturated heterocycles. The van der Waals surface area contributed by atoms with Gasteiger partial charge in [-0.15, -0.1) is 0 Å².